The molecule has 0 spiro atoms. The third-order valence-electron chi connectivity index (χ3n) is 4.08. The first kappa shape index (κ1) is 13.4. The zero-order valence-electron chi connectivity index (χ0n) is 10.7. The summed E-state index contributed by atoms with van der Waals surface area (Å²) >= 11 is 6.18. The summed E-state index contributed by atoms with van der Waals surface area (Å²) in [7, 11) is 0. The van der Waals surface area contributed by atoms with E-state index in [1.807, 2.05) is 19.1 Å². The maximum Gasteiger partial charge on any atom is 0.304 e. The predicted molar refractivity (Wildman–Crippen MR) is 73.2 cm³/mol. The van der Waals surface area contributed by atoms with Crippen molar-refractivity contribution in [1.82, 2.24) is 0 Å². The average molecular weight is 267 g/mol. The fourth-order valence-corrected chi connectivity index (χ4v) is 3.19. The molecule has 2 rings (SSSR count). The van der Waals surface area contributed by atoms with Crippen molar-refractivity contribution < 1.29 is 9.90 Å². The van der Waals surface area contributed by atoms with Crippen LogP contribution in [0.1, 0.15) is 49.7 Å². The van der Waals surface area contributed by atoms with E-state index in [9.17, 15) is 9.90 Å². The van der Waals surface area contributed by atoms with Crippen LogP contribution in [0.4, 0.5) is 0 Å². The molecule has 1 aliphatic carbocycles. The summed E-state index contributed by atoms with van der Waals surface area (Å²) in [4.78, 5) is 11.2. The molecule has 0 bridgehead atoms. The van der Waals surface area contributed by atoms with Crippen LogP contribution in [0.3, 0.4) is 0 Å². The summed E-state index contributed by atoms with van der Waals surface area (Å²) in [6.07, 6.45) is 5.56. The summed E-state index contributed by atoms with van der Waals surface area (Å²) in [5.74, 6) is -0.714. The highest BCUT2D eigenvalue weighted by Gasteiger charge is 2.36. The van der Waals surface area contributed by atoms with E-state index in [-0.39, 0.29) is 11.8 Å². The molecule has 0 heterocycles. The number of benzene rings is 1. The Hall–Kier alpha value is -1.02. The number of carbonyl (C=O) groups is 1. The molecule has 0 atom stereocenters. The molecule has 2 nitrogen and oxygen atoms in total. The van der Waals surface area contributed by atoms with Gasteiger partial charge in [0.05, 0.1) is 6.42 Å². The van der Waals surface area contributed by atoms with Gasteiger partial charge in [-0.3, -0.25) is 4.79 Å². The summed E-state index contributed by atoms with van der Waals surface area (Å²) < 4.78 is 0. The number of hydrogen-bond donors (Lipinski definition) is 1. The van der Waals surface area contributed by atoms with Crippen LogP contribution in [0.15, 0.2) is 18.2 Å². The van der Waals surface area contributed by atoms with Crippen LogP contribution in [0.25, 0.3) is 0 Å². The molecule has 98 valence electrons. The van der Waals surface area contributed by atoms with Gasteiger partial charge in [0, 0.05) is 10.4 Å². The second kappa shape index (κ2) is 5.31. The van der Waals surface area contributed by atoms with Crippen molar-refractivity contribution in [3.05, 3.63) is 34.3 Å². The standard InChI is InChI=1S/C15H19ClO2/c1-11-5-6-12(9-13(11)16)15(10-14(17)18)7-3-2-4-8-15/h5-6,9H,2-4,7-8,10H2,1H3,(H,17,18). The normalized spacial score (nSPS) is 18.6. The molecule has 0 unspecified atom stereocenters. The Balaban J connectivity index is 2.38. The molecule has 1 aromatic carbocycles. The van der Waals surface area contributed by atoms with Crippen LogP contribution in [-0.4, -0.2) is 11.1 Å². The summed E-state index contributed by atoms with van der Waals surface area (Å²) in [6, 6.07) is 6.01. The Kier molecular flexibility index (Phi) is 3.96. The van der Waals surface area contributed by atoms with Gasteiger partial charge in [-0.25, -0.2) is 0 Å². The number of rotatable bonds is 3. The highest BCUT2D eigenvalue weighted by molar-refractivity contribution is 6.31. The van der Waals surface area contributed by atoms with Gasteiger partial charge >= 0.3 is 5.97 Å². The van der Waals surface area contributed by atoms with Crippen molar-refractivity contribution >= 4 is 17.6 Å². The molecule has 1 aliphatic rings. The first-order valence-electron chi connectivity index (χ1n) is 6.52. The minimum Gasteiger partial charge on any atom is -0.481 e. The molecule has 3 heteroatoms. The zero-order valence-corrected chi connectivity index (χ0v) is 11.5. The number of aryl methyl sites for hydroxylation is 1. The van der Waals surface area contributed by atoms with Gasteiger partial charge in [0.2, 0.25) is 0 Å². The van der Waals surface area contributed by atoms with Crippen molar-refractivity contribution in [3.63, 3.8) is 0 Å². The van der Waals surface area contributed by atoms with E-state index in [1.165, 1.54) is 6.42 Å². The Bertz CT molecular complexity index is 448. The zero-order chi connectivity index (χ0) is 13.2. The molecule has 1 N–H and O–H groups in total. The van der Waals surface area contributed by atoms with Gasteiger partial charge in [-0.15, -0.1) is 0 Å². The summed E-state index contributed by atoms with van der Waals surface area (Å²) in [5, 5.41) is 9.92. The third kappa shape index (κ3) is 2.69. The second-order valence-electron chi connectivity index (χ2n) is 5.38. The maximum atomic E-state index is 11.2. The lowest BCUT2D eigenvalue weighted by Gasteiger charge is -2.37. The molecule has 0 aromatic heterocycles. The van der Waals surface area contributed by atoms with Crippen molar-refractivity contribution in [1.29, 1.82) is 0 Å². The summed E-state index contributed by atoms with van der Waals surface area (Å²) in [6.45, 7) is 1.97. The topological polar surface area (TPSA) is 37.3 Å². The molecule has 1 aromatic rings. The minimum absolute atomic E-state index is 0.207. The van der Waals surface area contributed by atoms with E-state index in [0.717, 1.165) is 41.8 Å². The van der Waals surface area contributed by atoms with Gasteiger partial charge in [0.25, 0.3) is 0 Å². The fourth-order valence-electron chi connectivity index (χ4n) is 3.01. The van der Waals surface area contributed by atoms with E-state index < -0.39 is 5.97 Å². The Labute approximate surface area is 113 Å². The molecule has 0 saturated heterocycles. The van der Waals surface area contributed by atoms with Gasteiger partial charge < -0.3 is 5.11 Å². The van der Waals surface area contributed by atoms with Crippen LogP contribution in [0.2, 0.25) is 5.02 Å². The first-order chi connectivity index (χ1) is 8.53. The molecular weight excluding hydrogens is 248 g/mol. The van der Waals surface area contributed by atoms with Crippen LogP contribution in [0.5, 0.6) is 0 Å². The molecule has 0 amide bonds. The van der Waals surface area contributed by atoms with E-state index in [0.29, 0.717) is 0 Å². The van der Waals surface area contributed by atoms with Gasteiger partial charge in [-0.1, -0.05) is 43.0 Å². The van der Waals surface area contributed by atoms with E-state index in [4.69, 9.17) is 11.6 Å². The monoisotopic (exact) mass is 266 g/mol. The number of carboxylic acid groups (broad SMARTS) is 1. The van der Waals surface area contributed by atoms with Gasteiger partial charge in [-0.05, 0) is 37.0 Å². The second-order valence-corrected chi connectivity index (χ2v) is 5.78. The van der Waals surface area contributed by atoms with Gasteiger partial charge in [0.15, 0.2) is 0 Å². The fraction of sp³-hybridized carbons (Fsp3) is 0.533. The van der Waals surface area contributed by atoms with Crippen molar-refractivity contribution in [2.45, 2.75) is 50.9 Å². The van der Waals surface area contributed by atoms with Crippen molar-refractivity contribution in [2.75, 3.05) is 0 Å². The quantitative estimate of drug-likeness (QED) is 0.884. The first-order valence-corrected chi connectivity index (χ1v) is 6.90. The molecule has 1 saturated carbocycles. The van der Waals surface area contributed by atoms with Gasteiger partial charge in [0.1, 0.15) is 0 Å². The van der Waals surface area contributed by atoms with E-state index >= 15 is 0 Å². The number of halogens is 1. The van der Waals surface area contributed by atoms with E-state index in [2.05, 4.69) is 6.07 Å². The molecule has 18 heavy (non-hydrogen) atoms. The van der Waals surface area contributed by atoms with Crippen LogP contribution >= 0.6 is 11.6 Å². The number of carboxylic acids is 1. The van der Waals surface area contributed by atoms with Crippen molar-refractivity contribution in [2.24, 2.45) is 0 Å². The van der Waals surface area contributed by atoms with Gasteiger partial charge in [-0.2, -0.15) is 0 Å². The lowest BCUT2D eigenvalue weighted by molar-refractivity contribution is -0.138. The molecule has 0 aliphatic heterocycles. The maximum absolute atomic E-state index is 11.2. The third-order valence-corrected chi connectivity index (χ3v) is 4.49. The van der Waals surface area contributed by atoms with Crippen LogP contribution < -0.4 is 0 Å². The number of aliphatic carboxylic acids is 1. The summed E-state index contributed by atoms with van der Waals surface area (Å²) in [5.41, 5.74) is 1.93. The largest absolute Gasteiger partial charge is 0.481 e. The highest BCUT2D eigenvalue weighted by Crippen LogP contribution is 2.43. The number of hydrogen-bond acceptors (Lipinski definition) is 1. The Morgan fingerprint density at radius 3 is 2.56 bits per heavy atom. The lowest BCUT2D eigenvalue weighted by atomic mass is 9.67. The molecule has 0 radical (unpaired) electrons. The lowest BCUT2D eigenvalue weighted by Crippen LogP contribution is -2.31. The minimum atomic E-state index is -0.714. The predicted octanol–water partition coefficient (Wildman–Crippen LogP) is 4.33. The SMILES string of the molecule is Cc1ccc(C2(CC(=O)O)CCCCC2)cc1Cl. The van der Waals surface area contributed by atoms with Crippen LogP contribution in [0, 0.1) is 6.92 Å². The Morgan fingerprint density at radius 2 is 2.00 bits per heavy atom. The van der Waals surface area contributed by atoms with Crippen LogP contribution in [-0.2, 0) is 10.2 Å². The average Bonchev–Trinajstić information content (AvgIpc) is 2.33. The Morgan fingerprint density at radius 1 is 1.33 bits per heavy atom. The molecular formula is C15H19ClO2. The van der Waals surface area contributed by atoms with E-state index in [1.54, 1.807) is 0 Å². The molecule has 1 fully saturated rings. The highest BCUT2D eigenvalue weighted by atomic mass is 35.5. The van der Waals surface area contributed by atoms with Crippen molar-refractivity contribution in [3.8, 4) is 0 Å². The smallest absolute Gasteiger partial charge is 0.304 e.